The van der Waals surface area contributed by atoms with E-state index in [2.05, 4.69) is 93.7 Å². The van der Waals surface area contributed by atoms with E-state index in [9.17, 15) is 14.4 Å². The predicted molar refractivity (Wildman–Crippen MR) is 325 cm³/mol. The maximum Gasteiger partial charge on any atom is 0.306 e. The van der Waals surface area contributed by atoms with Crippen molar-refractivity contribution >= 4 is 17.9 Å². The Morgan fingerprint density at radius 2 is 0.547 bits per heavy atom. The van der Waals surface area contributed by atoms with E-state index in [0.29, 0.717) is 19.3 Å². The number of carbonyl (C=O) groups excluding carboxylic acids is 3. The van der Waals surface area contributed by atoms with E-state index in [1.807, 2.05) is 0 Å². The fraction of sp³-hybridized carbons (Fsp3) is 0.783. The van der Waals surface area contributed by atoms with E-state index in [-0.39, 0.29) is 31.1 Å². The van der Waals surface area contributed by atoms with Gasteiger partial charge in [0.05, 0.1) is 0 Å². The molecule has 0 aromatic carbocycles. The summed E-state index contributed by atoms with van der Waals surface area (Å²) in [4.78, 5) is 38.2. The van der Waals surface area contributed by atoms with Crippen LogP contribution in [0, 0.1) is 0 Å². The summed E-state index contributed by atoms with van der Waals surface area (Å²) < 4.78 is 16.9. The van der Waals surface area contributed by atoms with Crippen molar-refractivity contribution in [2.45, 2.75) is 335 Å². The van der Waals surface area contributed by atoms with Crippen LogP contribution in [-0.2, 0) is 28.6 Å². The van der Waals surface area contributed by atoms with Crippen LogP contribution in [0.25, 0.3) is 0 Å². The van der Waals surface area contributed by atoms with E-state index in [4.69, 9.17) is 14.2 Å². The summed E-state index contributed by atoms with van der Waals surface area (Å²) in [6, 6.07) is 0. The van der Waals surface area contributed by atoms with E-state index in [1.54, 1.807) is 0 Å². The van der Waals surface area contributed by atoms with Crippen molar-refractivity contribution in [3.05, 3.63) is 72.9 Å². The van der Waals surface area contributed by atoms with E-state index in [0.717, 1.165) is 103 Å². The first kappa shape index (κ1) is 71.8. The molecule has 6 nitrogen and oxygen atoms in total. The Labute approximate surface area is 465 Å². The molecule has 0 saturated carbocycles. The molecule has 0 spiro atoms. The molecule has 0 N–H and O–H groups in total. The van der Waals surface area contributed by atoms with Crippen LogP contribution in [0.5, 0.6) is 0 Å². The molecule has 0 saturated heterocycles. The minimum absolute atomic E-state index is 0.0762. The highest BCUT2D eigenvalue weighted by Gasteiger charge is 2.19. The Balaban J connectivity index is 4.21. The molecule has 0 aliphatic carbocycles. The number of esters is 3. The van der Waals surface area contributed by atoms with Gasteiger partial charge in [0.25, 0.3) is 0 Å². The van der Waals surface area contributed by atoms with Gasteiger partial charge in [0.15, 0.2) is 6.10 Å². The van der Waals surface area contributed by atoms with Crippen molar-refractivity contribution < 1.29 is 28.6 Å². The molecule has 0 heterocycles. The van der Waals surface area contributed by atoms with Crippen LogP contribution in [0.4, 0.5) is 0 Å². The van der Waals surface area contributed by atoms with Crippen molar-refractivity contribution in [2.75, 3.05) is 13.2 Å². The van der Waals surface area contributed by atoms with Crippen molar-refractivity contribution in [1.82, 2.24) is 0 Å². The fourth-order valence-electron chi connectivity index (χ4n) is 9.36. The quantitative estimate of drug-likeness (QED) is 0.0261. The fourth-order valence-corrected chi connectivity index (χ4v) is 9.36. The molecular weight excluding hydrogens is 925 g/mol. The molecule has 434 valence electrons. The standard InChI is InChI=1S/C69H122O6/c1-4-7-10-13-16-19-22-24-26-28-30-32-33-34-35-36-37-38-40-41-43-45-47-50-53-56-59-62-68(71)74-65-66(64-73-67(70)61-58-55-52-49-21-18-15-12-9-6-3)75-69(72)63-60-57-54-51-48-46-44-42-39-31-29-27-25-23-20-17-14-11-8-5-2/h7,10,12,15-16,19,24,26,30,32,34-35,66H,4-6,8-9,11,13-14,17-18,20-23,25,27-29,31,33,36-65H2,1-3H3/b10-7-,15-12-,19-16-,26-24-,32-30-,35-34-. The zero-order valence-electron chi connectivity index (χ0n) is 49.8. The number of ether oxygens (including phenoxy) is 3. The molecule has 0 aromatic heterocycles. The van der Waals surface area contributed by atoms with Gasteiger partial charge in [-0.05, 0) is 83.5 Å². The third-order valence-electron chi connectivity index (χ3n) is 14.2. The monoisotopic (exact) mass is 1050 g/mol. The number of allylic oxidation sites excluding steroid dienone is 12. The zero-order chi connectivity index (χ0) is 54.3. The molecule has 0 bridgehead atoms. The number of hydrogen-bond acceptors (Lipinski definition) is 6. The topological polar surface area (TPSA) is 78.9 Å². The summed E-state index contributed by atoms with van der Waals surface area (Å²) >= 11 is 0. The number of hydrogen-bond donors (Lipinski definition) is 0. The molecular formula is C69H122O6. The largest absolute Gasteiger partial charge is 0.462 e. The first-order valence-electron chi connectivity index (χ1n) is 32.4. The van der Waals surface area contributed by atoms with E-state index in [1.165, 1.54) is 186 Å². The van der Waals surface area contributed by atoms with Crippen LogP contribution in [0.1, 0.15) is 329 Å². The average Bonchev–Trinajstić information content (AvgIpc) is 3.41. The Bertz CT molecular complexity index is 1390. The minimum atomic E-state index is -0.778. The lowest BCUT2D eigenvalue weighted by molar-refractivity contribution is -0.167. The van der Waals surface area contributed by atoms with Gasteiger partial charge in [-0.1, -0.05) is 299 Å². The molecule has 75 heavy (non-hydrogen) atoms. The van der Waals surface area contributed by atoms with E-state index < -0.39 is 6.10 Å². The summed E-state index contributed by atoms with van der Waals surface area (Å²) in [5.74, 6) is -0.873. The van der Waals surface area contributed by atoms with Gasteiger partial charge in [0.2, 0.25) is 0 Å². The summed E-state index contributed by atoms with van der Waals surface area (Å²) in [5, 5.41) is 0. The second-order valence-corrected chi connectivity index (χ2v) is 21.6. The summed E-state index contributed by atoms with van der Waals surface area (Å²) in [6.45, 7) is 6.50. The Morgan fingerprint density at radius 1 is 0.280 bits per heavy atom. The normalized spacial score (nSPS) is 12.5. The molecule has 0 amide bonds. The van der Waals surface area contributed by atoms with Crippen LogP contribution in [0.15, 0.2) is 72.9 Å². The highest BCUT2D eigenvalue weighted by molar-refractivity contribution is 5.71. The first-order chi connectivity index (χ1) is 37.0. The molecule has 1 unspecified atom stereocenters. The summed E-state index contributed by atoms with van der Waals surface area (Å²) in [7, 11) is 0. The molecule has 0 aliphatic heterocycles. The van der Waals surface area contributed by atoms with E-state index >= 15 is 0 Å². The molecule has 0 radical (unpaired) electrons. The maximum atomic E-state index is 12.9. The average molecular weight is 1050 g/mol. The highest BCUT2D eigenvalue weighted by atomic mass is 16.6. The number of unbranched alkanes of at least 4 members (excludes halogenated alkanes) is 36. The first-order valence-corrected chi connectivity index (χ1v) is 32.4. The van der Waals surface area contributed by atoms with Crippen molar-refractivity contribution in [2.24, 2.45) is 0 Å². The van der Waals surface area contributed by atoms with Gasteiger partial charge in [-0.15, -0.1) is 0 Å². The van der Waals surface area contributed by atoms with Crippen LogP contribution >= 0.6 is 0 Å². The third kappa shape index (κ3) is 61.6. The van der Waals surface area contributed by atoms with Gasteiger partial charge >= 0.3 is 17.9 Å². The lowest BCUT2D eigenvalue weighted by atomic mass is 10.0. The Kier molecular flexibility index (Phi) is 60.7. The van der Waals surface area contributed by atoms with Crippen molar-refractivity contribution in [3.8, 4) is 0 Å². The lowest BCUT2D eigenvalue weighted by Crippen LogP contribution is -2.30. The molecule has 0 aliphatic rings. The Morgan fingerprint density at radius 3 is 0.880 bits per heavy atom. The van der Waals surface area contributed by atoms with Crippen LogP contribution in [-0.4, -0.2) is 37.2 Å². The smallest absolute Gasteiger partial charge is 0.306 e. The van der Waals surface area contributed by atoms with Gasteiger partial charge in [-0.2, -0.15) is 0 Å². The highest BCUT2D eigenvalue weighted by Crippen LogP contribution is 2.17. The van der Waals surface area contributed by atoms with Gasteiger partial charge in [-0.3, -0.25) is 14.4 Å². The second-order valence-electron chi connectivity index (χ2n) is 21.6. The maximum absolute atomic E-state index is 12.9. The molecule has 6 heteroatoms. The van der Waals surface area contributed by atoms with Crippen LogP contribution < -0.4 is 0 Å². The SMILES string of the molecule is CC/C=C\C/C=C\C/C=C\C/C=C\C/C=C\CCCCCCCCCCCCCC(=O)OCC(COC(=O)CCCCCCC/C=C\CCC)OC(=O)CCCCCCCCCCCCCCCCCCCCCC. The summed E-state index contributed by atoms with van der Waals surface area (Å²) in [5.41, 5.74) is 0. The number of carbonyl (C=O) groups is 3. The zero-order valence-corrected chi connectivity index (χ0v) is 49.8. The van der Waals surface area contributed by atoms with Crippen LogP contribution in [0.3, 0.4) is 0 Å². The number of rotatable bonds is 59. The molecule has 1 atom stereocenters. The lowest BCUT2D eigenvalue weighted by Gasteiger charge is -2.18. The van der Waals surface area contributed by atoms with Crippen LogP contribution in [0.2, 0.25) is 0 Å². The van der Waals surface area contributed by atoms with Crippen molar-refractivity contribution in [1.29, 1.82) is 0 Å². The summed E-state index contributed by atoms with van der Waals surface area (Å²) in [6.07, 6.45) is 82.1. The third-order valence-corrected chi connectivity index (χ3v) is 14.2. The van der Waals surface area contributed by atoms with Gasteiger partial charge < -0.3 is 14.2 Å². The Hall–Kier alpha value is -3.15. The predicted octanol–water partition coefficient (Wildman–Crippen LogP) is 22.1. The minimum Gasteiger partial charge on any atom is -0.462 e. The van der Waals surface area contributed by atoms with Crippen molar-refractivity contribution in [3.63, 3.8) is 0 Å². The van der Waals surface area contributed by atoms with Gasteiger partial charge in [0, 0.05) is 19.3 Å². The molecule has 0 fully saturated rings. The van der Waals surface area contributed by atoms with Gasteiger partial charge in [0.1, 0.15) is 13.2 Å². The van der Waals surface area contributed by atoms with Gasteiger partial charge in [-0.25, -0.2) is 0 Å². The molecule has 0 rings (SSSR count). The second kappa shape index (κ2) is 63.4. The molecule has 0 aromatic rings.